The summed E-state index contributed by atoms with van der Waals surface area (Å²) in [7, 11) is 0. The Hall–Kier alpha value is -0.970. The number of carbonyl (C=O) groups excluding carboxylic acids is 1. The Labute approximate surface area is 122 Å². The van der Waals surface area contributed by atoms with E-state index >= 15 is 0 Å². The molecule has 0 aliphatic carbocycles. The van der Waals surface area contributed by atoms with Crippen molar-refractivity contribution in [1.82, 2.24) is 5.32 Å². The van der Waals surface area contributed by atoms with Crippen molar-refractivity contribution in [1.29, 1.82) is 0 Å². The lowest BCUT2D eigenvalue weighted by molar-refractivity contribution is -0.128. The van der Waals surface area contributed by atoms with Crippen LogP contribution in [0.3, 0.4) is 0 Å². The van der Waals surface area contributed by atoms with Gasteiger partial charge in [-0.05, 0) is 31.5 Å². The molecule has 0 aliphatic heterocycles. The predicted octanol–water partition coefficient (Wildman–Crippen LogP) is 2.65. The number of hydrogen-bond donors (Lipinski definition) is 2. The van der Waals surface area contributed by atoms with Crippen LogP contribution in [0.5, 0.6) is 5.75 Å². The zero-order chi connectivity index (χ0) is 14.4. The van der Waals surface area contributed by atoms with E-state index in [-0.39, 0.29) is 18.6 Å². The molecule has 4 nitrogen and oxygen atoms in total. The fourth-order valence-corrected chi connectivity index (χ4v) is 1.86. The molecule has 2 N–H and O–H groups in total. The standard InChI is InChI=1S/C13H17Cl2NO3/c1-3-10(7-17)16-13(18)8(2)19-12-5-4-9(14)6-11(12)15/h4-6,8,10,17H,3,7H2,1-2H3,(H,16,18)/t8?,10-/m0/s1. The van der Waals surface area contributed by atoms with Crippen LogP contribution in [0.1, 0.15) is 20.3 Å². The average Bonchev–Trinajstić information content (AvgIpc) is 2.38. The van der Waals surface area contributed by atoms with Crippen molar-refractivity contribution in [3.8, 4) is 5.75 Å². The molecule has 0 aromatic heterocycles. The van der Waals surface area contributed by atoms with Gasteiger partial charge in [-0.15, -0.1) is 0 Å². The number of rotatable bonds is 6. The fraction of sp³-hybridized carbons (Fsp3) is 0.462. The molecule has 1 aromatic carbocycles. The minimum Gasteiger partial charge on any atom is -0.479 e. The third-order valence-electron chi connectivity index (χ3n) is 2.63. The number of nitrogens with one attached hydrogen (secondary N) is 1. The first-order chi connectivity index (χ1) is 8.97. The molecule has 0 saturated heterocycles. The maximum atomic E-state index is 11.8. The van der Waals surface area contributed by atoms with E-state index in [4.69, 9.17) is 33.0 Å². The first-order valence-electron chi connectivity index (χ1n) is 6.00. The number of ether oxygens (including phenoxy) is 1. The molecule has 0 saturated carbocycles. The summed E-state index contributed by atoms with van der Waals surface area (Å²) in [6.45, 7) is 3.39. The Kier molecular flexibility index (Phi) is 6.42. The molecule has 1 unspecified atom stereocenters. The molecule has 6 heteroatoms. The molecule has 0 spiro atoms. The van der Waals surface area contributed by atoms with Gasteiger partial charge in [-0.2, -0.15) is 0 Å². The Balaban J connectivity index is 2.63. The van der Waals surface area contributed by atoms with Crippen LogP contribution in [0.4, 0.5) is 0 Å². The van der Waals surface area contributed by atoms with E-state index in [1.54, 1.807) is 25.1 Å². The molecule has 106 valence electrons. The molecule has 0 bridgehead atoms. The highest BCUT2D eigenvalue weighted by Gasteiger charge is 2.18. The SMILES string of the molecule is CC[C@@H](CO)NC(=O)C(C)Oc1ccc(Cl)cc1Cl. The summed E-state index contributed by atoms with van der Waals surface area (Å²) in [5.74, 6) is 0.0951. The maximum absolute atomic E-state index is 11.8. The van der Waals surface area contributed by atoms with Gasteiger partial charge in [-0.3, -0.25) is 4.79 Å². The summed E-state index contributed by atoms with van der Waals surface area (Å²) >= 11 is 11.7. The van der Waals surface area contributed by atoms with Gasteiger partial charge in [0.05, 0.1) is 17.7 Å². The highest BCUT2D eigenvalue weighted by Crippen LogP contribution is 2.28. The second-order valence-electron chi connectivity index (χ2n) is 4.13. The van der Waals surface area contributed by atoms with E-state index < -0.39 is 6.10 Å². The molecule has 1 amide bonds. The fourth-order valence-electron chi connectivity index (χ4n) is 1.41. The summed E-state index contributed by atoms with van der Waals surface area (Å²) in [4.78, 5) is 11.8. The zero-order valence-electron chi connectivity index (χ0n) is 10.8. The van der Waals surface area contributed by atoms with E-state index in [1.807, 2.05) is 6.92 Å². The van der Waals surface area contributed by atoms with Crippen LogP contribution in [0, 0.1) is 0 Å². The van der Waals surface area contributed by atoms with Gasteiger partial charge in [0.1, 0.15) is 5.75 Å². The molecular formula is C13H17Cl2NO3. The van der Waals surface area contributed by atoms with E-state index in [0.717, 1.165) is 0 Å². The summed E-state index contributed by atoms with van der Waals surface area (Å²) in [6.07, 6.45) is -0.0595. The van der Waals surface area contributed by atoms with Gasteiger partial charge in [-0.1, -0.05) is 30.1 Å². The van der Waals surface area contributed by atoms with Gasteiger partial charge in [0, 0.05) is 5.02 Å². The topological polar surface area (TPSA) is 58.6 Å². The Morgan fingerprint density at radius 2 is 2.16 bits per heavy atom. The number of aliphatic hydroxyl groups excluding tert-OH is 1. The lowest BCUT2D eigenvalue weighted by Crippen LogP contribution is -2.43. The van der Waals surface area contributed by atoms with E-state index in [9.17, 15) is 4.79 Å². The molecule has 0 radical (unpaired) electrons. The van der Waals surface area contributed by atoms with Gasteiger partial charge in [-0.25, -0.2) is 0 Å². The number of hydrogen-bond acceptors (Lipinski definition) is 3. The normalized spacial score (nSPS) is 13.7. The van der Waals surface area contributed by atoms with Crippen LogP contribution < -0.4 is 10.1 Å². The Morgan fingerprint density at radius 1 is 1.47 bits per heavy atom. The lowest BCUT2D eigenvalue weighted by Gasteiger charge is -2.19. The van der Waals surface area contributed by atoms with Crippen LogP contribution in [0.15, 0.2) is 18.2 Å². The summed E-state index contributed by atoms with van der Waals surface area (Å²) < 4.78 is 5.47. The lowest BCUT2D eigenvalue weighted by atomic mass is 10.2. The molecule has 0 fully saturated rings. The summed E-state index contributed by atoms with van der Waals surface area (Å²) in [5, 5.41) is 12.6. The minimum absolute atomic E-state index is 0.101. The molecule has 1 aromatic rings. The van der Waals surface area contributed by atoms with Crippen molar-refractivity contribution in [3.05, 3.63) is 28.2 Å². The van der Waals surface area contributed by atoms with Crippen LogP contribution in [0.25, 0.3) is 0 Å². The van der Waals surface area contributed by atoms with E-state index in [0.29, 0.717) is 22.2 Å². The molecular weight excluding hydrogens is 289 g/mol. The highest BCUT2D eigenvalue weighted by atomic mass is 35.5. The second kappa shape index (κ2) is 7.58. The number of aliphatic hydroxyl groups is 1. The Morgan fingerprint density at radius 3 is 2.68 bits per heavy atom. The van der Waals surface area contributed by atoms with Gasteiger partial charge >= 0.3 is 0 Å². The van der Waals surface area contributed by atoms with Crippen molar-refractivity contribution in [2.45, 2.75) is 32.4 Å². The molecule has 0 heterocycles. The van der Waals surface area contributed by atoms with Crippen LogP contribution in [-0.4, -0.2) is 29.8 Å². The third-order valence-corrected chi connectivity index (χ3v) is 3.16. The first-order valence-corrected chi connectivity index (χ1v) is 6.76. The van der Waals surface area contributed by atoms with Gasteiger partial charge in [0.15, 0.2) is 6.10 Å². The Bertz CT molecular complexity index is 436. The second-order valence-corrected chi connectivity index (χ2v) is 4.97. The van der Waals surface area contributed by atoms with Gasteiger partial charge < -0.3 is 15.2 Å². The molecule has 19 heavy (non-hydrogen) atoms. The first kappa shape index (κ1) is 16.1. The number of halogens is 2. The number of carbonyl (C=O) groups is 1. The monoisotopic (exact) mass is 305 g/mol. The largest absolute Gasteiger partial charge is 0.479 e. The maximum Gasteiger partial charge on any atom is 0.261 e. The smallest absolute Gasteiger partial charge is 0.261 e. The average molecular weight is 306 g/mol. The minimum atomic E-state index is -0.709. The third kappa shape index (κ3) is 4.90. The van der Waals surface area contributed by atoms with Gasteiger partial charge in [0.25, 0.3) is 5.91 Å². The van der Waals surface area contributed by atoms with Crippen molar-refractivity contribution in [3.63, 3.8) is 0 Å². The summed E-state index contributed by atoms with van der Waals surface area (Å²) in [6, 6.07) is 4.53. The van der Waals surface area contributed by atoms with Gasteiger partial charge in [0.2, 0.25) is 0 Å². The highest BCUT2D eigenvalue weighted by molar-refractivity contribution is 6.35. The van der Waals surface area contributed by atoms with Crippen LogP contribution >= 0.6 is 23.2 Å². The predicted molar refractivity (Wildman–Crippen MR) is 75.9 cm³/mol. The van der Waals surface area contributed by atoms with E-state index in [2.05, 4.69) is 5.32 Å². The number of benzene rings is 1. The van der Waals surface area contributed by atoms with Crippen LogP contribution in [-0.2, 0) is 4.79 Å². The molecule has 2 atom stereocenters. The van der Waals surface area contributed by atoms with Crippen molar-refractivity contribution < 1.29 is 14.6 Å². The van der Waals surface area contributed by atoms with E-state index in [1.165, 1.54) is 0 Å². The zero-order valence-corrected chi connectivity index (χ0v) is 12.3. The van der Waals surface area contributed by atoms with Crippen molar-refractivity contribution >= 4 is 29.1 Å². The quantitative estimate of drug-likeness (QED) is 0.849. The molecule has 0 aliphatic rings. The van der Waals surface area contributed by atoms with Crippen molar-refractivity contribution in [2.24, 2.45) is 0 Å². The van der Waals surface area contributed by atoms with Crippen molar-refractivity contribution in [2.75, 3.05) is 6.61 Å². The van der Waals surface area contributed by atoms with Crippen LogP contribution in [0.2, 0.25) is 10.0 Å². The number of amides is 1. The summed E-state index contributed by atoms with van der Waals surface area (Å²) in [5.41, 5.74) is 0. The molecule has 1 rings (SSSR count).